The van der Waals surface area contributed by atoms with Gasteiger partial charge in [-0.3, -0.25) is 4.79 Å². The molecule has 0 fully saturated rings. The zero-order valence-corrected chi connectivity index (χ0v) is 13.6. The van der Waals surface area contributed by atoms with Crippen molar-refractivity contribution < 1.29 is 19.4 Å². The molecule has 126 valence electrons. The number of aryl methyl sites for hydroxylation is 1. The van der Waals surface area contributed by atoms with E-state index in [1.165, 1.54) is 0 Å². The summed E-state index contributed by atoms with van der Waals surface area (Å²) in [5, 5.41) is 12.0. The molecule has 24 heavy (non-hydrogen) atoms. The summed E-state index contributed by atoms with van der Waals surface area (Å²) < 4.78 is 5.43. The van der Waals surface area contributed by atoms with Crippen molar-refractivity contribution in [3.8, 4) is 5.75 Å². The summed E-state index contributed by atoms with van der Waals surface area (Å²) in [5.74, 6) is -0.310. The standard InChI is InChI=1S/C19H21NO4/c1-2-24-16-8-5-6-14(12-16)13-20-18(21)11-10-15-7-3-4-9-17(15)19(22)23/h3-9,12H,2,10-11,13H2,1H3,(H,20,21)(H,22,23). The van der Waals surface area contributed by atoms with Crippen molar-refractivity contribution in [1.29, 1.82) is 0 Å². The third kappa shape index (κ3) is 5.12. The second-order valence-corrected chi connectivity index (χ2v) is 5.32. The first kappa shape index (κ1) is 17.5. The summed E-state index contributed by atoms with van der Waals surface area (Å²) in [5.41, 5.74) is 1.87. The maximum absolute atomic E-state index is 12.0. The topological polar surface area (TPSA) is 75.6 Å². The Labute approximate surface area is 141 Å². The molecule has 2 aromatic carbocycles. The molecule has 2 N–H and O–H groups in total. The van der Waals surface area contributed by atoms with Gasteiger partial charge in [0.2, 0.25) is 5.91 Å². The minimum Gasteiger partial charge on any atom is -0.494 e. The zero-order chi connectivity index (χ0) is 17.4. The third-order valence-corrected chi connectivity index (χ3v) is 3.57. The SMILES string of the molecule is CCOc1cccc(CNC(=O)CCc2ccccc2C(=O)O)c1. The summed E-state index contributed by atoms with van der Waals surface area (Å²) in [4.78, 5) is 23.1. The molecule has 0 aliphatic carbocycles. The van der Waals surface area contributed by atoms with Crippen LogP contribution >= 0.6 is 0 Å². The minimum absolute atomic E-state index is 0.114. The first-order valence-electron chi connectivity index (χ1n) is 7.89. The number of ether oxygens (including phenoxy) is 1. The van der Waals surface area contributed by atoms with Crippen molar-refractivity contribution >= 4 is 11.9 Å². The Kier molecular flexibility index (Phi) is 6.37. The molecule has 0 radical (unpaired) electrons. The molecule has 1 amide bonds. The Bertz CT molecular complexity index is 712. The number of carboxylic acid groups (broad SMARTS) is 1. The van der Waals surface area contributed by atoms with E-state index >= 15 is 0 Å². The average molecular weight is 327 g/mol. The fraction of sp³-hybridized carbons (Fsp3) is 0.263. The molecule has 5 nitrogen and oxygen atoms in total. The lowest BCUT2D eigenvalue weighted by molar-refractivity contribution is -0.121. The van der Waals surface area contributed by atoms with Crippen molar-refractivity contribution in [3.63, 3.8) is 0 Å². The predicted molar refractivity (Wildman–Crippen MR) is 91.2 cm³/mol. The Balaban J connectivity index is 1.86. The molecule has 0 aliphatic rings. The quantitative estimate of drug-likeness (QED) is 0.781. The van der Waals surface area contributed by atoms with Crippen molar-refractivity contribution in [2.75, 3.05) is 6.61 Å². The summed E-state index contributed by atoms with van der Waals surface area (Å²) in [7, 11) is 0. The number of carbonyl (C=O) groups excluding carboxylic acids is 1. The molecule has 0 spiro atoms. The number of nitrogens with one attached hydrogen (secondary N) is 1. The van der Waals surface area contributed by atoms with Gasteiger partial charge in [-0.25, -0.2) is 4.79 Å². The molecule has 0 unspecified atom stereocenters. The van der Waals surface area contributed by atoms with E-state index in [1.807, 2.05) is 31.2 Å². The maximum Gasteiger partial charge on any atom is 0.335 e. The van der Waals surface area contributed by atoms with Crippen molar-refractivity contribution in [1.82, 2.24) is 5.32 Å². The smallest absolute Gasteiger partial charge is 0.335 e. The van der Waals surface area contributed by atoms with Gasteiger partial charge in [0, 0.05) is 13.0 Å². The van der Waals surface area contributed by atoms with E-state index in [0.717, 1.165) is 11.3 Å². The maximum atomic E-state index is 12.0. The summed E-state index contributed by atoms with van der Waals surface area (Å²) in [6, 6.07) is 14.3. The van der Waals surface area contributed by atoms with E-state index < -0.39 is 5.97 Å². The lowest BCUT2D eigenvalue weighted by Gasteiger charge is -2.09. The Morgan fingerprint density at radius 1 is 1.12 bits per heavy atom. The average Bonchev–Trinajstić information content (AvgIpc) is 2.59. The number of amides is 1. The normalized spacial score (nSPS) is 10.2. The minimum atomic E-state index is -0.973. The van der Waals surface area contributed by atoms with Crippen LogP contribution in [0.2, 0.25) is 0 Å². The summed E-state index contributed by atoms with van der Waals surface area (Å²) >= 11 is 0. The predicted octanol–water partition coefficient (Wildman–Crippen LogP) is 3.03. The fourth-order valence-corrected chi connectivity index (χ4v) is 2.40. The molecule has 0 saturated carbocycles. The Morgan fingerprint density at radius 2 is 1.92 bits per heavy atom. The lowest BCUT2D eigenvalue weighted by Crippen LogP contribution is -2.23. The van der Waals surface area contributed by atoms with Crippen LogP contribution in [0.5, 0.6) is 5.75 Å². The lowest BCUT2D eigenvalue weighted by atomic mass is 10.0. The first-order valence-corrected chi connectivity index (χ1v) is 7.89. The molecule has 0 saturated heterocycles. The highest BCUT2D eigenvalue weighted by Gasteiger charge is 2.10. The highest BCUT2D eigenvalue weighted by atomic mass is 16.5. The van der Waals surface area contributed by atoms with Gasteiger partial charge < -0.3 is 15.2 Å². The second kappa shape index (κ2) is 8.72. The Hall–Kier alpha value is -2.82. The Morgan fingerprint density at radius 3 is 2.67 bits per heavy atom. The summed E-state index contributed by atoms with van der Waals surface area (Å²) in [6.07, 6.45) is 0.642. The molecule has 0 bridgehead atoms. The van der Waals surface area contributed by atoms with Crippen molar-refractivity contribution in [2.24, 2.45) is 0 Å². The molecule has 0 heterocycles. The van der Waals surface area contributed by atoms with Crippen LogP contribution in [0.25, 0.3) is 0 Å². The van der Waals surface area contributed by atoms with Crippen LogP contribution in [0.4, 0.5) is 0 Å². The van der Waals surface area contributed by atoms with Gasteiger partial charge in [0.25, 0.3) is 0 Å². The second-order valence-electron chi connectivity index (χ2n) is 5.32. The van der Waals surface area contributed by atoms with Gasteiger partial charge in [-0.05, 0) is 42.7 Å². The van der Waals surface area contributed by atoms with E-state index in [2.05, 4.69) is 5.32 Å². The summed E-state index contributed by atoms with van der Waals surface area (Å²) in [6.45, 7) is 2.93. The van der Waals surface area contributed by atoms with Gasteiger partial charge in [0.05, 0.1) is 12.2 Å². The van der Waals surface area contributed by atoms with Crippen LogP contribution in [0, 0.1) is 0 Å². The number of benzene rings is 2. The van der Waals surface area contributed by atoms with Crippen LogP contribution in [0.3, 0.4) is 0 Å². The monoisotopic (exact) mass is 327 g/mol. The first-order chi connectivity index (χ1) is 11.6. The largest absolute Gasteiger partial charge is 0.494 e. The number of hydrogen-bond acceptors (Lipinski definition) is 3. The molecule has 2 rings (SSSR count). The van der Waals surface area contributed by atoms with Crippen LogP contribution < -0.4 is 10.1 Å². The number of hydrogen-bond donors (Lipinski definition) is 2. The molecular weight excluding hydrogens is 306 g/mol. The molecule has 0 aliphatic heterocycles. The van der Waals surface area contributed by atoms with Crippen molar-refractivity contribution in [3.05, 3.63) is 65.2 Å². The fourth-order valence-electron chi connectivity index (χ4n) is 2.40. The number of aromatic carboxylic acids is 1. The van der Waals surface area contributed by atoms with Gasteiger partial charge in [-0.1, -0.05) is 30.3 Å². The van der Waals surface area contributed by atoms with Gasteiger partial charge >= 0.3 is 5.97 Å². The van der Waals surface area contributed by atoms with Crippen LogP contribution in [-0.4, -0.2) is 23.6 Å². The third-order valence-electron chi connectivity index (χ3n) is 3.57. The van der Waals surface area contributed by atoms with E-state index in [-0.39, 0.29) is 17.9 Å². The van der Waals surface area contributed by atoms with Gasteiger partial charge in [0.1, 0.15) is 5.75 Å². The highest BCUT2D eigenvalue weighted by Crippen LogP contribution is 2.14. The van der Waals surface area contributed by atoms with Gasteiger partial charge in [0.15, 0.2) is 0 Å². The van der Waals surface area contributed by atoms with Gasteiger partial charge in [-0.2, -0.15) is 0 Å². The van der Waals surface area contributed by atoms with E-state index in [9.17, 15) is 9.59 Å². The van der Waals surface area contributed by atoms with E-state index in [4.69, 9.17) is 9.84 Å². The van der Waals surface area contributed by atoms with Crippen LogP contribution in [0.1, 0.15) is 34.8 Å². The van der Waals surface area contributed by atoms with Crippen LogP contribution in [-0.2, 0) is 17.8 Å². The highest BCUT2D eigenvalue weighted by molar-refractivity contribution is 5.89. The molecule has 2 aromatic rings. The van der Waals surface area contributed by atoms with Gasteiger partial charge in [-0.15, -0.1) is 0 Å². The van der Waals surface area contributed by atoms with E-state index in [0.29, 0.717) is 25.1 Å². The molecule has 0 atom stereocenters. The molecular formula is C19H21NO4. The van der Waals surface area contributed by atoms with Crippen LogP contribution in [0.15, 0.2) is 48.5 Å². The van der Waals surface area contributed by atoms with E-state index in [1.54, 1.807) is 24.3 Å². The zero-order valence-electron chi connectivity index (χ0n) is 13.6. The number of rotatable bonds is 8. The van der Waals surface area contributed by atoms with Crippen molar-refractivity contribution in [2.45, 2.75) is 26.3 Å². The molecule has 0 aromatic heterocycles. The molecule has 5 heteroatoms. The number of carbonyl (C=O) groups is 2. The number of carboxylic acids is 1.